The van der Waals surface area contributed by atoms with Crippen LogP contribution in [0.15, 0.2) is 29.2 Å². The maximum atomic E-state index is 12.7. The molecule has 1 aromatic carbocycles. The summed E-state index contributed by atoms with van der Waals surface area (Å²) in [5.74, 6) is -0.680. The van der Waals surface area contributed by atoms with Gasteiger partial charge in [0.2, 0.25) is 0 Å². The van der Waals surface area contributed by atoms with Crippen molar-refractivity contribution in [3.8, 4) is 0 Å². The highest BCUT2D eigenvalue weighted by atomic mass is 32.2. The molecule has 152 valence electrons. The summed E-state index contributed by atoms with van der Waals surface area (Å²) in [4.78, 5) is 25.5. The first-order valence-corrected chi connectivity index (χ1v) is 11.2. The summed E-state index contributed by atoms with van der Waals surface area (Å²) in [5.41, 5.74) is 2.21. The molecule has 0 unspecified atom stereocenters. The van der Waals surface area contributed by atoms with Crippen LogP contribution in [0.4, 0.5) is 0 Å². The van der Waals surface area contributed by atoms with E-state index in [1.165, 1.54) is 18.2 Å². The van der Waals surface area contributed by atoms with Gasteiger partial charge in [-0.25, -0.2) is 0 Å². The smallest absolute Gasteiger partial charge is 0.303 e. The van der Waals surface area contributed by atoms with Gasteiger partial charge in [-0.3, -0.25) is 14.5 Å². The molecule has 1 aromatic rings. The molecule has 0 bridgehead atoms. The van der Waals surface area contributed by atoms with Crippen LogP contribution in [0, 0.1) is 6.92 Å². The van der Waals surface area contributed by atoms with Crippen LogP contribution < -0.4 is 0 Å². The molecule has 1 saturated heterocycles. The topological polar surface area (TPSA) is 57.6 Å². The Morgan fingerprint density at radius 1 is 1.07 bits per heavy atom. The minimum Gasteiger partial charge on any atom is -0.481 e. The molecule has 4 nitrogen and oxygen atoms in total. The van der Waals surface area contributed by atoms with Crippen LogP contribution in [0.2, 0.25) is 0 Å². The molecule has 1 aliphatic heterocycles. The summed E-state index contributed by atoms with van der Waals surface area (Å²) in [6.07, 6.45) is 10.6. The normalized spacial score (nSPS) is 15.6. The third-order valence-corrected chi connectivity index (χ3v) is 6.25. The third kappa shape index (κ3) is 7.40. The highest BCUT2D eigenvalue weighted by Gasteiger charge is 2.31. The van der Waals surface area contributed by atoms with Crippen molar-refractivity contribution < 1.29 is 14.7 Å². The molecule has 0 aliphatic carbocycles. The van der Waals surface area contributed by atoms with E-state index in [1.807, 2.05) is 37.3 Å². The van der Waals surface area contributed by atoms with Gasteiger partial charge in [0, 0.05) is 13.0 Å². The number of amides is 1. The zero-order chi connectivity index (χ0) is 20.4. The fraction of sp³-hybridized carbons (Fsp3) is 0.500. The minimum atomic E-state index is -0.704. The van der Waals surface area contributed by atoms with E-state index in [-0.39, 0.29) is 12.3 Å². The molecule has 1 heterocycles. The summed E-state index contributed by atoms with van der Waals surface area (Å²) in [6, 6.07) is 8.03. The zero-order valence-electron chi connectivity index (χ0n) is 16.5. The molecule has 1 amide bonds. The van der Waals surface area contributed by atoms with Crippen molar-refractivity contribution in [2.24, 2.45) is 0 Å². The first kappa shape index (κ1) is 22.6. The van der Waals surface area contributed by atoms with Gasteiger partial charge >= 0.3 is 5.97 Å². The number of rotatable bonds is 12. The van der Waals surface area contributed by atoms with Gasteiger partial charge in [-0.2, -0.15) is 0 Å². The largest absolute Gasteiger partial charge is 0.481 e. The number of nitrogens with zero attached hydrogens (tertiary/aromatic N) is 1. The summed E-state index contributed by atoms with van der Waals surface area (Å²) < 4.78 is 0.656. The van der Waals surface area contributed by atoms with Crippen molar-refractivity contribution in [2.45, 2.75) is 64.7 Å². The van der Waals surface area contributed by atoms with E-state index < -0.39 is 5.97 Å². The lowest BCUT2D eigenvalue weighted by atomic mass is 10.1. The highest BCUT2D eigenvalue weighted by Crippen LogP contribution is 2.33. The van der Waals surface area contributed by atoms with Gasteiger partial charge in [-0.15, -0.1) is 0 Å². The second-order valence-corrected chi connectivity index (χ2v) is 8.84. The van der Waals surface area contributed by atoms with E-state index >= 15 is 0 Å². The molecule has 28 heavy (non-hydrogen) atoms. The van der Waals surface area contributed by atoms with E-state index in [9.17, 15) is 9.59 Å². The average molecular weight is 420 g/mol. The van der Waals surface area contributed by atoms with Crippen LogP contribution >= 0.6 is 24.0 Å². The van der Waals surface area contributed by atoms with Gasteiger partial charge in [0.05, 0.1) is 4.91 Å². The molecule has 0 aromatic heterocycles. The van der Waals surface area contributed by atoms with Gasteiger partial charge in [0.1, 0.15) is 4.32 Å². The maximum Gasteiger partial charge on any atom is 0.303 e. The van der Waals surface area contributed by atoms with Crippen LogP contribution in [0.1, 0.15) is 68.9 Å². The monoisotopic (exact) mass is 419 g/mol. The fourth-order valence-electron chi connectivity index (χ4n) is 3.19. The van der Waals surface area contributed by atoms with Crippen LogP contribution in [0.3, 0.4) is 0 Å². The van der Waals surface area contributed by atoms with Crippen molar-refractivity contribution in [1.82, 2.24) is 4.90 Å². The van der Waals surface area contributed by atoms with E-state index in [1.54, 1.807) is 4.90 Å². The van der Waals surface area contributed by atoms with Crippen LogP contribution in [0.25, 0.3) is 6.08 Å². The number of carbonyl (C=O) groups excluding carboxylic acids is 1. The lowest BCUT2D eigenvalue weighted by Crippen LogP contribution is -2.29. The molecule has 1 fully saturated rings. The molecule has 0 radical (unpaired) electrons. The maximum absolute atomic E-state index is 12.7. The number of hydrogen-bond donors (Lipinski definition) is 1. The first-order chi connectivity index (χ1) is 13.5. The second-order valence-electron chi connectivity index (χ2n) is 7.16. The molecule has 1 N–H and O–H groups in total. The SMILES string of the molecule is Cc1ccccc1C=C1SC(=S)N(CCCCCCCCCCC(=O)O)C1=O. The Morgan fingerprint density at radius 2 is 1.68 bits per heavy atom. The van der Waals surface area contributed by atoms with Crippen molar-refractivity contribution in [1.29, 1.82) is 0 Å². The predicted molar refractivity (Wildman–Crippen MR) is 120 cm³/mol. The number of carboxylic acid groups (broad SMARTS) is 1. The number of carbonyl (C=O) groups is 2. The minimum absolute atomic E-state index is 0.0247. The number of thiocarbonyl (C=S) groups is 1. The number of aryl methyl sites for hydroxylation is 1. The standard InChI is InChI=1S/C22H29NO3S2/c1-17-12-9-10-13-18(17)16-19-21(26)23(22(27)28-19)15-11-7-5-3-2-4-6-8-14-20(24)25/h9-10,12-13,16H,2-8,11,14-15H2,1H3,(H,24,25). The van der Waals surface area contributed by atoms with E-state index in [2.05, 4.69) is 0 Å². The summed E-state index contributed by atoms with van der Waals surface area (Å²) in [7, 11) is 0. The highest BCUT2D eigenvalue weighted by molar-refractivity contribution is 8.26. The van der Waals surface area contributed by atoms with E-state index in [0.29, 0.717) is 15.8 Å². The van der Waals surface area contributed by atoms with Crippen molar-refractivity contribution >= 4 is 46.3 Å². The fourth-order valence-corrected chi connectivity index (χ4v) is 4.49. The Bertz CT molecular complexity index is 730. The molecular formula is C22H29NO3S2. The number of benzene rings is 1. The molecule has 0 atom stereocenters. The van der Waals surface area contributed by atoms with Gasteiger partial charge < -0.3 is 5.11 Å². The number of unbranched alkanes of at least 4 members (excludes halogenated alkanes) is 7. The van der Waals surface area contributed by atoms with Crippen molar-refractivity contribution in [2.75, 3.05) is 6.54 Å². The zero-order valence-corrected chi connectivity index (χ0v) is 18.1. The summed E-state index contributed by atoms with van der Waals surface area (Å²) in [6.45, 7) is 2.73. The summed E-state index contributed by atoms with van der Waals surface area (Å²) >= 11 is 6.80. The quantitative estimate of drug-likeness (QED) is 0.264. The Balaban J connectivity index is 1.65. The number of carboxylic acids is 1. The first-order valence-electron chi connectivity index (χ1n) is 10.0. The molecule has 0 spiro atoms. The number of hydrogen-bond acceptors (Lipinski definition) is 4. The van der Waals surface area contributed by atoms with Crippen LogP contribution in [-0.2, 0) is 9.59 Å². The molecular weight excluding hydrogens is 390 g/mol. The molecule has 2 rings (SSSR count). The van der Waals surface area contributed by atoms with Crippen LogP contribution in [0.5, 0.6) is 0 Å². The van der Waals surface area contributed by atoms with E-state index in [0.717, 1.165) is 56.1 Å². The Labute approximate surface area is 177 Å². The summed E-state index contributed by atoms with van der Waals surface area (Å²) in [5, 5.41) is 8.60. The second kappa shape index (κ2) is 12.0. The Kier molecular flexibility index (Phi) is 9.71. The Hall–Kier alpha value is -1.66. The lowest BCUT2D eigenvalue weighted by molar-refractivity contribution is -0.137. The Morgan fingerprint density at radius 3 is 2.32 bits per heavy atom. The third-order valence-electron chi connectivity index (χ3n) is 4.87. The number of aliphatic carboxylic acids is 1. The van der Waals surface area contributed by atoms with Gasteiger partial charge in [0.25, 0.3) is 5.91 Å². The van der Waals surface area contributed by atoms with E-state index in [4.69, 9.17) is 17.3 Å². The molecule has 0 saturated carbocycles. The van der Waals surface area contributed by atoms with Crippen LogP contribution in [-0.4, -0.2) is 32.7 Å². The van der Waals surface area contributed by atoms with Gasteiger partial charge in [0.15, 0.2) is 0 Å². The predicted octanol–water partition coefficient (Wildman–Crippen LogP) is 5.79. The number of thioether (sulfide) groups is 1. The van der Waals surface area contributed by atoms with Gasteiger partial charge in [-0.05, 0) is 37.0 Å². The van der Waals surface area contributed by atoms with Crippen molar-refractivity contribution in [3.05, 3.63) is 40.3 Å². The van der Waals surface area contributed by atoms with Crippen molar-refractivity contribution in [3.63, 3.8) is 0 Å². The van der Waals surface area contributed by atoms with Gasteiger partial charge in [-0.1, -0.05) is 86.8 Å². The molecule has 1 aliphatic rings. The lowest BCUT2D eigenvalue weighted by Gasteiger charge is -2.14. The average Bonchev–Trinajstić information content (AvgIpc) is 2.92. The molecule has 6 heteroatoms.